The minimum absolute atomic E-state index is 0.0555. The van der Waals surface area contributed by atoms with Crippen molar-refractivity contribution in [2.75, 3.05) is 31.1 Å². The Labute approximate surface area is 194 Å². The smallest absolute Gasteiger partial charge is 0.260 e. The maximum atomic E-state index is 13.2. The molecule has 1 atom stereocenters. The molecule has 7 nitrogen and oxygen atoms in total. The number of piperidine rings is 1. The summed E-state index contributed by atoms with van der Waals surface area (Å²) in [5.41, 5.74) is 7.08. The molecular formula is C23H23ClN4O3S. The summed E-state index contributed by atoms with van der Waals surface area (Å²) in [7, 11) is 0. The van der Waals surface area contributed by atoms with Gasteiger partial charge in [0.1, 0.15) is 5.75 Å². The molecule has 2 aliphatic rings. The fourth-order valence-corrected chi connectivity index (χ4v) is 5.61. The van der Waals surface area contributed by atoms with Gasteiger partial charge < -0.3 is 15.4 Å². The Morgan fingerprint density at radius 3 is 2.75 bits per heavy atom. The number of likely N-dealkylation sites (tertiary alicyclic amines) is 1. The van der Waals surface area contributed by atoms with Crippen LogP contribution in [0, 0.1) is 0 Å². The van der Waals surface area contributed by atoms with Crippen molar-refractivity contribution in [3.63, 3.8) is 0 Å². The number of carbonyl (C=O) groups excluding carboxylic acids is 2. The van der Waals surface area contributed by atoms with E-state index in [1.165, 1.54) is 0 Å². The highest BCUT2D eigenvalue weighted by Crippen LogP contribution is 2.36. The highest BCUT2D eigenvalue weighted by molar-refractivity contribution is 7.18. The molecule has 1 fully saturated rings. The van der Waals surface area contributed by atoms with Gasteiger partial charge >= 0.3 is 0 Å². The van der Waals surface area contributed by atoms with E-state index in [2.05, 4.69) is 4.90 Å². The third-order valence-electron chi connectivity index (χ3n) is 6.05. The van der Waals surface area contributed by atoms with E-state index in [-0.39, 0.29) is 12.5 Å². The molecule has 1 aromatic heterocycles. The number of carbonyl (C=O) groups is 2. The molecule has 9 heteroatoms. The lowest BCUT2D eigenvalue weighted by molar-refractivity contribution is -0.125. The molecule has 166 valence electrons. The van der Waals surface area contributed by atoms with Crippen LogP contribution in [0.2, 0.25) is 5.02 Å². The molecule has 0 unspecified atom stereocenters. The van der Waals surface area contributed by atoms with Gasteiger partial charge in [-0.05, 0) is 56.3 Å². The highest BCUT2D eigenvalue weighted by atomic mass is 35.5. The molecule has 2 N–H and O–H groups in total. The molecule has 0 aliphatic carbocycles. The molecule has 2 amide bonds. The van der Waals surface area contributed by atoms with Crippen molar-refractivity contribution in [1.29, 1.82) is 0 Å². The van der Waals surface area contributed by atoms with Gasteiger partial charge in [0.2, 0.25) is 5.91 Å². The second-order valence-corrected chi connectivity index (χ2v) is 9.69. The Morgan fingerprint density at radius 2 is 1.97 bits per heavy atom. The number of rotatable bonds is 4. The monoisotopic (exact) mass is 470 g/mol. The fourth-order valence-electron chi connectivity index (χ4n) is 4.33. The maximum Gasteiger partial charge on any atom is 0.260 e. The molecule has 0 radical (unpaired) electrons. The van der Waals surface area contributed by atoms with Crippen LogP contribution in [0.3, 0.4) is 0 Å². The first-order valence-electron chi connectivity index (χ1n) is 10.6. The number of ether oxygens (including phenoxy) is 1. The lowest BCUT2D eigenvalue weighted by atomic mass is 9.97. The SMILES string of the molecule is NC(=O)[C@@H]1CN(C(=O)CN2CCC(c3nc4cc(Cl)ccc4s3)CC2)c2ccccc2O1. The van der Waals surface area contributed by atoms with E-state index in [1.54, 1.807) is 22.3 Å². The highest BCUT2D eigenvalue weighted by Gasteiger charge is 2.34. The summed E-state index contributed by atoms with van der Waals surface area (Å²) in [5, 5.41) is 1.84. The number of fused-ring (bicyclic) bond motifs is 2. The van der Waals surface area contributed by atoms with E-state index in [1.807, 2.05) is 36.4 Å². The van der Waals surface area contributed by atoms with Gasteiger partial charge in [-0.25, -0.2) is 4.98 Å². The lowest BCUT2D eigenvalue weighted by Crippen LogP contribution is -2.52. The van der Waals surface area contributed by atoms with E-state index < -0.39 is 12.0 Å². The second kappa shape index (κ2) is 8.69. The Bertz CT molecular complexity index is 1180. The number of aromatic nitrogens is 1. The molecule has 0 bridgehead atoms. The summed E-state index contributed by atoms with van der Waals surface area (Å²) in [6.07, 6.45) is 1.06. The molecule has 2 aromatic carbocycles. The normalized spacial score (nSPS) is 19.5. The second-order valence-electron chi connectivity index (χ2n) is 8.20. The summed E-state index contributed by atoms with van der Waals surface area (Å²) in [6.45, 7) is 2.06. The van der Waals surface area contributed by atoms with Gasteiger partial charge in [-0.15, -0.1) is 11.3 Å². The molecule has 32 heavy (non-hydrogen) atoms. The first-order chi connectivity index (χ1) is 15.5. The van der Waals surface area contributed by atoms with Gasteiger partial charge in [-0.1, -0.05) is 23.7 Å². The van der Waals surface area contributed by atoms with Crippen LogP contribution in [-0.4, -0.2) is 54.0 Å². The van der Waals surface area contributed by atoms with Gasteiger partial charge in [-0.3, -0.25) is 14.5 Å². The zero-order valence-electron chi connectivity index (χ0n) is 17.4. The van der Waals surface area contributed by atoms with Crippen LogP contribution >= 0.6 is 22.9 Å². The van der Waals surface area contributed by atoms with Crippen molar-refractivity contribution in [2.24, 2.45) is 5.73 Å². The van der Waals surface area contributed by atoms with Crippen LogP contribution in [0.25, 0.3) is 10.2 Å². The summed E-state index contributed by atoms with van der Waals surface area (Å²) < 4.78 is 6.81. The van der Waals surface area contributed by atoms with E-state index >= 15 is 0 Å². The van der Waals surface area contributed by atoms with Crippen LogP contribution in [-0.2, 0) is 9.59 Å². The van der Waals surface area contributed by atoms with Gasteiger partial charge in [0, 0.05) is 10.9 Å². The van der Waals surface area contributed by atoms with Crippen molar-refractivity contribution >= 4 is 50.7 Å². The van der Waals surface area contributed by atoms with Crippen molar-refractivity contribution in [1.82, 2.24) is 9.88 Å². The first kappa shape index (κ1) is 21.2. The van der Waals surface area contributed by atoms with Gasteiger partial charge in [0.15, 0.2) is 6.10 Å². The predicted molar refractivity (Wildman–Crippen MR) is 125 cm³/mol. The molecule has 0 spiro atoms. The van der Waals surface area contributed by atoms with Crippen molar-refractivity contribution in [3.8, 4) is 5.75 Å². The molecule has 3 heterocycles. The number of hydrogen-bond acceptors (Lipinski definition) is 6. The van der Waals surface area contributed by atoms with Crippen molar-refractivity contribution in [3.05, 3.63) is 52.5 Å². The minimum atomic E-state index is -0.841. The quantitative estimate of drug-likeness (QED) is 0.631. The van der Waals surface area contributed by atoms with Crippen LogP contribution in [0.5, 0.6) is 5.75 Å². The van der Waals surface area contributed by atoms with Crippen molar-refractivity contribution < 1.29 is 14.3 Å². The summed E-state index contributed by atoms with van der Waals surface area (Å²) in [5.74, 6) is 0.266. The number of primary amides is 1. The third-order valence-corrected chi connectivity index (χ3v) is 7.49. The topological polar surface area (TPSA) is 88.8 Å². The molecule has 2 aliphatic heterocycles. The van der Waals surface area contributed by atoms with Gasteiger partial charge in [0.05, 0.1) is 34.0 Å². The first-order valence-corrected chi connectivity index (χ1v) is 11.8. The zero-order chi connectivity index (χ0) is 22.2. The van der Waals surface area contributed by atoms with Crippen LogP contribution in [0.4, 0.5) is 5.69 Å². The van der Waals surface area contributed by atoms with Crippen LogP contribution in [0.15, 0.2) is 42.5 Å². The summed E-state index contributed by atoms with van der Waals surface area (Å²) in [4.78, 5) is 33.4. The van der Waals surface area contributed by atoms with E-state index in [9.17, 15) is 9.59 Å². The molecule has 0 saturated carbocycles. The zero-order valence-corrected chi connectivity index (χ0v) is 18.9. The van der Waals surface area contributed by atoms with Gasteiger partial charge in [-0.2, -0.15) is 0 Å². The van der Waals surface area contributed by atoms with Crippen LogP contribution in [0.1, 0.15) is 23.8 Å². The number of anilines is 1. The average Bonchev–Trinajstić information content (AvgIpc) is 3.22. The Kier molecular flexibility index (Phi) is 5.75. The fraction of sp³-hybridized carbons (Fsp3) is 0.348. The predicted octanol–water partition coefficient (Wildman–Crippen LogP) is 3.41. The van der Waals surface area contributed by atoms with Crippen molar-refractivity contribution in [2.45, 2.75) is 24.9 Å². The number of amides is 2. The van der Waals surface area contributed by atoms with E-state index in [0.717, 1.165) is 41.2 Å². The average molecular weight is 471 g/mol. The van der Waals surface area contributed by atoms with Gasteiger partial charge in [0.25, 0.3) is 5.91 Å². The molecule has 1 saturated heterocycles. The van der Waals surface area contributed by atoms with E-state index in [4.69, 9.17) is 27.1 Å². The standard InChI is InChI=1S/C23H23ClN4O3S/c24-15-5-6-20-16(11-15)26-23(32-20)14-7-9-27(10-8-14)13-21(29)28-12-19(22(25)30)31-18-4-2-1-3-17(18)28/h1-6,11,14,19H,7-10,12-13H2,(H2,25,30)/t19-/m0/s1. The van der Waals surface area contributed by atoms with Crippen LogP contribution < -0.4 is 15.4 Å². The molecular weight excluding hydrogens is 448 g/mol. The maximum absolute atomic E-state index is 13.2. The molecule has 5 rings (SSSR count). The number of halogens is 1. The molecule has 3 aromatic rings. The Morgan fingerprint density at radius 1 is 1.19 bits per heavy atom. The number of nitrogens with two attached hydrogens (primary N) is 1. The summed E-state index contributed by atoms with van der Waals surface area (Å²) in [6, 6.07) is 13.1. The third kappa shape index (κ3) is 4.18. The number of benzene rings is 2. The largest absolute Gasteiger partial charge is 0.477 e. The summed E-state index contributed by atoms with van der Waals surface area (Å²) >= 11 is 7.82. The Balaban J connectivity index is 1.24. The number of thiazole rings is 1. The number of nitrogens with zero attached hydrogens (tertiary/aromatic N) is 3. The minimum Gasteiger partial charge on any atom is -0.477 e. The number of hydrogen-bond donors (Lipinski definition) is 1. The number of para-hydroxylation sites is 2. The lowest BCUT2D eigenvalue weighted by Gasteiger charge is -2.36. The Hall–Kier alpha value is -2.68. The van der Waals surface area contributed by atoms with E-state index in [0.29, 0.717) is 28.9 Å².